The van der Waals surface area contributed by atoms with Gasteiger partial charge in [0.15, 0.2) is 17.5 Å². The minimum atomic E-state index is -0.769. The molecule has 32 heavy (non-hydrogen) atoms. The van der Waals surface area contributed by atoms with Crippen molar-refractivity contribution in [1.82, 2.24) is 9.97 Å². The Morgan fingerprint density at radius 1 is 0.625 bits per heavy atom. The molecule has 4 heteroatoms. The van der Waals surface area contributed by atoms with E-state index in [1.54, 1.807) is 24.3 Å². The molecule has 0 aliphatic heterocycles. The van der Waals surface area contributed by atoms with Crippen molar-refractivity contribution in [3.05, 3.63) is 71.6 Å². The van der Waals surface area contributed by atoms with Gasteiger partial charge in [-0.1, -0.05) is 88.8 Å². The zero-order valence-corrected chi connectivity index (χ0v) is 19.3. The van der Waals surface area contributed by atoms with Crippen molar-refractivity contribution in [3.8, 4) is 22.5 Å². The van der Waals surface area contributed by atoms with E-state index in [-0.39, 0.29) is 5.56 Å². The number of rotatable bonds is 12. The molecule has 2 nitrogen and oxygen atoms in total. The molecule has 0 spiro atoms. The number of hydrogen-bond acceptors (Lipinski definition) is 2. The molecule has 0 saturated heterocycles. The smallest absolute Gasteiger partial charge is 0.166 e. The van der Waals surface area contributed by atoms with Crippen molar-refractivity contribution in [2.45, 2.75) is 78.1 Å². The van der Waals surface area contributed by atoms with Crippen LogP contribution < -0.4 is 0 Å². The monoisotopic (exact) mass is 436 g/mol. The fourth-order valence-corrected chi connectivity index (χ4v) is 3.94. The van der Waals surface area contributed by atoms with Gasteiger partial charge in [-0.3, -0.25) is 0 Å². The molecule has 0 atom stereocenters. The van der Waals surface area contributed by atoms with Gasteiger partial charge >= 0.3 is 0 Å². The lowest BCUT2D eigenvalue weighted by molar-refractivity contribution is 0.498. The van der Waals surface area contributed by atoms with Crippen LogP contribution in [-0.2, 0) is 12.8 Å². The molecular weight excluding hydrogens is 402 g/mol. The predicted molar refractivity (Wildman–Crippen MR) is 129 cm³/mol. The summed E-state index contributed by atoms with van der Waals surface area (Å²) < 4.78 is 29.3. The summed E-state index contributed by atoms with van der Waals surface area (Å²) in [5, 5.41) is 0. The van der Waals surface area contributed by atoms with Gasteiger partial charge in [0.2, 0.25) is 0 Å². The molecule has 0 unspecified atom stereocenters. The van der Waals surface area contributed by atoms with E-state index in [0.717, 1.165) is 49.7 Å². The van der Waals surface area contributed by atoms with Crippen molar-refractivity contribution in [1.29, 1.82) is 0 Å². The number of halogens is 2. The van der Waals surface area contributed by atoms with E-state index >= 15 is 0 Å². The second kappa shape index (κ2) is 12.4. The Morgan fingerprint density at radius 3 is 1.84 bits per heavy atom. The van der Waals surface area contributed by atoms with Crippen LogP contribution in [-0.4, -0.2) is 9.97 Å². The Kier molecular flexibility index (Phi) is 9.33. The first-order chi connectivity index (χ1) is 15.6. The molecular formula is C28H34F2N2. The first kappa shape index (κ1) is 24.0. The number of nitrogens with zero attached hydrogens (tertiary/aromatic N) is 2. The highest BCUT2D eigenvalue weighted by Gasteiger charge is 2.15. The van der Waals surface area contributed by atoms with Gasteiger partial charge in [-0.05, 0) is 42.4 Å². The molecule has 0 bridgehead atoms. The maximum absolute atomic E-state index is 14.7. The van der Waals surface area contributed by atoms with E-state index in [9.17, 15) is 8.78 Å². The van der Waals surface area contributed by atoms with Crippen LogP contribution in [0.2, 0.25) is 0 Å². The molecule has 3 rings (SSSR count). The van der Waals surface area contributed by atoms with Crippen molar-refractivity contribution in [3.63, 3.8) is 0 Å². The second-order valence-corrected chi connectivity index (χ2v) is 8.51. The largest absolute Gasteiger partial charge is 0.236 e. The van der Waals surface area contributed by atoms with Crippen LogP contribution in [0.1, 0.15) is 76.3 Å². The molecule has 0 aliphatic rings. The Balaban J connectivity index is 1.67. The summed E-state index contributed by atoms with van der Waals surface area (Å²) in [4.78, 5) is 8.98. The van der Waals surface area contributed by atoms with Crippen LogP contribution in [0.5, 0.6) is 0 Å². The third kappa shape index (κ3) is 6.44. The van der Waals surface area contributed by atoms with Crippen LogP contribution >= 0.6 is 0 Å². The van der Waals surface area contributed by atoms with E-state index < -0.39 is 11.6 Å². The minimum Gasteiger partial charge on any atom is -0.236 e. The van der Waals surface area contributed by atoms with E-state index in [4.69, 9.17) is 0 Å². The van der Waals surface area contributed by atoms with Gasteiger partial charge in [0, 0.05) is 23.5 Å². The third-order valence-corrected chi connectivity index (χ3v) is 5.94. The fraction of sp³-hybridized carbons (Fsp3) is 0.429. The average molecular weight is 437 g/mol. The SMILES string of the molecule is CCCCCCc1cnc(-c2ccc(-c3ccc(CCCCCC)c(F)c3F)cc2)nc1. The molecule has 0 N–H and O–H groups in total. The molecule has 0 aliphatic carbocycles. The van der Waals surface area contributed by atoms with Gasteiger partial charge in [0.05, 0.1) is 0 Å². The van der Waals surface area contributed by atoms with E-state index in [0.29, 0.717) is 23.4 Å². The quantitative estimate of drug-likeness (QED) is 0.267. The van der Waals surface area contributed by atoms with Gasteiger partial charge < -0.3 is 0 Å². The molecule has 2 aromatic carbocycles. The van der Waals surface area contributed by atoms with E-state index in [1.165, 1.54) is 19.3 Å². The first-order valence-electron chi connectivity index (χ1n) is 12.0. The molecule has 1 aromatic heterocycles. The van der Waals surface area contributed by atoms with Crippen molar-refractivity contribution < 1.29 is 8.78 Å². The number of hydrogen-bond donors (Lipinski definition) is 0. The Hall–Kier alpha value is -2.62. The zero-order valence-electron chi connectivity index (χ0n) is 19.3. The fourth-order valence-electron chi connectivity index (χ4n) is 3.94. The minimum absolute atomic E-state index is 0.287. The standard InChI is InChI=1S/C28H34F2N2/c1-3-5-7-9-11-21-19-31-28(32-20-21)24-15-13-22(14-16-24)25-18-17-23(26(29)27(25)30)12-10-8-6-4-2/h13-20H,3-12H2,1-2H3. The lowest BCUT2D eigenvalue weighted by Gasteiger charge is -2.10. The van der Waals surface area contributed by atoms with Gasteiger partial charge in [-0.2, -0.15) is 0 Å². The molecule has 0 saturated carbocycles. The molecule has 0 fully saturated rings. The summed E-state index contributed by atoms with van der Waals surface area (Å²) >= 11 is 0. The van der Waals surface area contributed by atoms with Gasteiger partial charge in [-0.15, -0.1) is 0 Å². The maximum atomic E-state index is 14.7. The van der Waals surface area contributed by atoms with Gasteiger partial charge in [0.25, 0.3) is 0 Å². The van der Waals surface area contributed by atoms with Crippen LogP contribution in [0.15, 0.2) is 48.8 Å². The predicted octanol–water partition coefficient (Wildman–Crippen LogP) is 8.33. The van der Waals surface area contributed by atoms with Gasteiger partial charge in [-0.25, -0.2) is 18.7 Å². The number of unbranched alkanes of at least 4 members (excludes halogenated alkanes) is 6. The molecule has 170 valence electrons. The molecule has 0 amide bonds. The van der Waals surface area contributed by atoms with Crippen LogP contribution in [0, 0.1) is 11.6 Å². The molecule has 1 heterocycles. The zero-order chi connectivity index (χ0) is 22.8. The number of aryl methyl sites for hydroxylation is 2. The number of aromatic nitrogens is 2. The highest BCUT2D eigenvalue weighted by Crippen LogP contribution is 2.29. The highest BCUT2D eigenvalue weighted by atomic mass is 19.2. The average Bonchev–Trinajstić information content (AvgIpc) is 2.83. The van der Waals surface area contributed by atoms with Crippen molar-refractivity contribution in [2.75, 3.05) is 0 Å². The topological polar surface area (TPSA) is 25.8 Å². The maximum Gasteiger partial charge on any atom is 0.166 e. The lowest BCUT2D eigenvalue weighted by Crippen LogP contribution is -1.98. The van der Waals surface area contributed by atoms with Crippen molar-refractivity contribution in [2.24, 2.45) is 0 Å². The summed E-state index contributed by atoms with van der Waals surface area (Å²) in [5.41, 5.74) is 3.40. The van der Waals surface area contributed by atoms with E-state index in [2.05, 4.69) is 23.8 Å². The first-order valence-corrected chi connectivity index (χ1v) is 12.0. The Morgan fingerprint density at radius 2 is 1.22 bits per heavy atom. The highest BCUT2D eigenvalue weighted by molar-refractivity contribution is 5.68. The Labute approximate surface area is 191 Å². The second-order valence-electron chi connectivity index (χ2n) is 8.51. The summed E-state index contributed by atoms with van der Waals surface area (Å²) in [6.45, 7) is 4.34. The summed E-state index contributed by atoms with van der Waals surface area (Å²) in [6.07, 6.45) is 14.4. The number of benzene rings is 2. The molecule has 0 radical (unpaired) electrons. The Bertz CT molecular complexity index is 966. The third-order valence-electron chi connectivity index (χ3n) is 5.94. The van der Waals surface area contributed by atoms with Crippen LogP contribution in [0.3, 0.4) is 0 Å². The summed E-state index contributed by atoms with van der Waals surface area (Å²) in [7, 11) is 0. The van der Waals surface area contributed by atoms with E-state index in [1.807, 2.05) is 24.5 Å². The molecule has 3 aromatic rings. The van der Waals surface area contributed by atoms with Crippen molar-refractivity contribution >= 4 is 0 Å². The van der Waals surface area contributed by atoms with Gasteiger partial charge in [0.1, 0.15) is 0 Å². The van der Waals surface area contributed by atoms with Crippen LogP contribution in [0.25, 0.3) is 22.5 Å². The summed E-state index contributed by atoms with van der Waals surface area (Å²) in [5.74, 6) is -0.849. The summed E-state index contributed by atoms with van der Waals surface area (Å²) in [6, 6.07) is 10.7. The van der Waals surface area contributed by atoms with Crippen LogP contribution in [0.4, 0.5) is 8.78 Å². The normalized spacial score (nSPS) is 11.1. The lowest BCUT2D eigenvalue weighted by atomic mass is 9.98.